The van der Waals surface area contributed by atoms with Crippen molar-refractivity contribution in [3.8, 4) is 11.5 Å². The molecule has 1 unspecified atom stereocenters. The Bertz CT molecular complexity index is 1130. The maximum absolute atomic E-state index is 13.1. The lowest BCUT2D eigenvalue weighted by Crippen LogP contribution is -2.30. The van der Waals surface area contributed by atoms with Crippen molar-refractivity contribution >= 4 is 46.6 Å². The number of ketones is 1. The van der Waals surface area contributed by atoms with Gasteiger partial charge in [0.1, 0.15) is 17.3 Å². The standard InChI is InChI=1S/C24H23Cl2NO6/c1-4-5-10-27-20(14-6-8-16(9-7-14)33-13(2)28)19(22(30)24(27)31)21(29)17-11-15(25)12-18(26)23(17)32-3/h6-9,11-12,20,29H,4-5,10H2,1-3H3/b21-19+. The summed E-state index contributed by atoms with van der Waals surface area (Å²) in [6.45, 7) is 3.58. The molecule has 1 aliphatic heterocycles. The van der Waals surface area contributed by atoms with Crippen molar-refractivity contribution in [2.24, 2.45) is 0 Å². The van der Waals surface area contributed by atoms with Crippen LogP contribution in [-0.2, 0) is 14.4 Å². The molecule has 1 fully saturated rings. The molecule has 1 amide bonds. The molecule has 0 spiro atoms. The molecule has 2 aromatic rings. The number of hydrogen-bond acceptors (Lipinski definition) is 6. The number of aliphatic hydroxyl groups excluding tert-OH is 1. The molecular weight excluding hydrogens is 469 g/mol. The summed E-state index contributed by atoms with van der Waals surface area (Å²) in [7, 11) is 1.37. The van der Waals surface area contributed by atoms with Crippen molar-refractivity contribution in [1.82, 2.24) is 4.90 Å². The Labute approximate surface area is 201 Å². The van der Waals surface area contributed by atoms with Crippen LogP contribution in [0.5, 0.6) is 11.5 Å². The number of nitrogens with zero attached hydrogens (tertiary/aromatic N) is 1. The summed E-state index contributed by atoms with van der Waals surface area (Å²) in [4.78, 5) is 38.7. The van der Waals surface area contributed by atoms with Gasteiger partial charge in [-0.05, 0) is 36.2 Å². The molecule has 0 radical (unpaired) electrons. The van der Waals surface area contributed by atoms with E-state index in [0.717, 1.165) is 6.42 Å². The van der Waals surface area contributed by atoms with Gasteiger partial charge in [-0.25, -0.2) is 0 Å². The molecule has 7 nitrogen and oxygen atoms in total. The Morgan fingerprint density at radius 2 is 1.82 bits per heavy atom. The van der Waals surface area contributed by atoms with Crippen LogP contribution in [0.4, 0.5) is 0 Å². The van der Waals surface area contributed by atoms with E-state index in [-0.39, 0.29) is 26.9 Å². The van der Waals surface area contributed by atoms with E-state index in [1.54, 1.807) is 24.3 Å². The van der Waals surface area contributed by atoms with Gasteiger partial charge in [-0.15, -0.1) is 0 Å². The van der Waals surface area contributed by atoms with Crippen LogP contribution in [0.2, 0.25) is 10.0 Å². The van der Waals surface area contributed by atoms with Crippen LogP contribution in [-0.4, -0.2) is 41.3 Å². The average Bonchev–Trinajstić information content (AvgIpc) is 3.01. The first-order valence-electron chi connectivity index (χ1n) is 10.3. The quantitative estimate of drug-likeness (QED) is 0.189. The number of amides is 1. The molecule has 0 saturated carbocycles. The summed E-state index contributed by atoms with van der Waals surface area (Å²) in [6.07, 6.45) is 1.47. The average molecular weight is 492 g/mol. The van der Waals surface area contributed by atoms with Crippen LogP contribution in [0.15, 0.2) is 42.0 Å². The Hall–Kier alpha value is -3.03. The topological polar surface area (TPSA) is 93.1 Å². The molecular formula is C24H23Cl2NO6. The third-order valence-electron chi connectivity index (χ3n) is 5.22. The maximum Gasteiger partial charge on any atom is 0.308 e. The minimum Gasteiger partial charge on any atom is -0.507 e. The lowest BCUT2D eigenvalue weighted by molar-refractivity contribution is -0.139. The highest BCUT2D eigenvalue weighted by atomic mass is 35.5. The first kappa shape index (κ1) is 24.6. The first-order valence-corrected chi connectivity index (χ1v) is 11.0. The van der Waals surface area contributed by atoms with Gasteiger partial charge >= 0.3 is 5.97 Å². The van der Waals surface area contributed by atoms with Gasteiger partial charge < -0.3 is 19.5 Å². The van der Waals surface area contributed by atoms with Gasteiger partial charge in [0.2, 0.25) is 0 Å². The number of carbonyl (C=O) groups excluding carboxylic acids is 3. The van der Waals surface area contributed by atoms with E-state index in [2.05, 4.69) is 0 Å². The molecule has 3 rings (SSSR count). The molecule has 0 aromatic heterocycles. The van der Waals surface area contributed by atoms with Gasteiger partial charge in [-0.1, -0.05) is 48.7 Å². The number of benzene rings is 2. The number of esters is 1. The zero-order valence-electron chi connectivity index (χ0n) is 18.4. The Balaban J connectivity index is 2.20. The number of aliphatic hydroxyl groups is 1. The van der Waals surface area contributed by atoms with Crippen molar-refractivity contribution in [3.05, 3.63) is 63.1 Å². The van der Waals surface area contributed by atoms with Gasteiger partial charge in [0.05, 0.1) is 29.3 Å². The second-order valence-electron chi connectivity index (χ2n) is 7.48. The number of hydrogen-bond donors (Lipinski definition) is 1. The van der Waals surface area contributed by atoms with Crippen LogP contribution in [0.3, 0.4) is 0 Å². The molecule has 2 aromatic carbocycles. The van der Waals surface area contributed by atoms with E-state index in [9.17, 15) is 19.5 Å². The number of likely N-dealkylation sites (tertiary alicyclic amines) is 1. The van der Waals surface area contributed by atoms with Crippen LogP contribution < -0.4 is 9.47 Å². The number of ether oxygens (including phenoxy) is 2. The van der Waals surface area contributed by atoms with Crippen molar-refractivity contribution in [2.75, 3.05) is 13.7 Å². The van der Waals surface area contributed by atoms with Gasteiger partial charge in [0.25, 0.3) is 11.7 Å². The third kappa shape index (κ3) is 4.99. The largest absolute Gasteiger partial charge is 0.507 e. The van der Waals surface area contributed by atoms with E-state index in [1.165, 1.54) is 31.1 Å². The molecule has 0 bridgehead atoms. The molecule has 174 valence electrons. The third-order valence-corrected chi connectivity index (χ3v) is 5.72. The second kappa shape index (κ2) is 10.3. The minimum atomic E-state index is -0.856. The van der Waals surface area contributed by atoms with Crippen LogP contribution >= 0.6 is 23.2 Å². The predicted molar refractivity (Wildman–Crippen MR) is 125 cm³/mol. The van der Waals surface area contributed by atoms with Crippen LogP contribution in [0.1, 0.15) is 43.9 Å². The Morgan fingerprint density at radius 1 is 1.15 bits per heavy atom. The highest BCUT2D eigenvalue weighted by molar-refractivity contribution is 6.46. The van der Waals surface area contributed by atoms with Crippen LogP contribution in [0, 0.1) is 0 Å². The van der Waals surface area contributed by atoms with Crippen molar-refractivity contribution < 1.29 is 29.0 Å². The lowest BCUT2D eigenvalue weighted by Gasteiger charge is -2.25. The number of carbonyl (C=O) groups is 3. The molecule has 1 aliphatic rings. The zero-order valence-corrected chi connectivity index (χ0v) is 19.9. The fraction of sp³-hybridized carbons (Fsp3) is 0.292. The van der Waals surface area contributed by atoms with E-state index in [4.69, 9.17) is 32.7 Å². The molecule has 1 N–H and O–H groups in total. The summed E-state index contributed by atoms with van der Waals surface area (Å²) in [5.41, 5.74) is 0.563. The molecule has 33 heavy (non-hydrogen) atoms. The Kier molecular flexibility index (Phi) is 7.66. The van der Waals surface area contributed by atoms with Gasteiger partial charge in [0.15, 0.2) is 0 Å². The zero-order chi connectivity index (χ0) is 24.3. The smallest absolute Gasteiger partial charge is 0.308 e. The monoisotopic (exact) mass is 491 g/mol. The molecule has 9 heteroatoms. The number of methoxy groups -OCH3 is 1. The van der Waals surface area contributed by atoms with Crippen molar-refractivity contribution in [2.45, 2.75) is 32.7 Å². The normalized spacial score (nSPS) is 17.4. The molecule has 1 atom stereocenters. The van der Waals surface area contributed by atoms with Gasteiger partial charge in [-0.3, -0.25) is 14.4 Å². The summed E-state index contributed by atoms with van der Waals surface area (Å²) in [5.74, 6) is -2.01. The molecule has 0 aliphatic carbocycles. The minimum absolute atomic E-state index is 0.102. The number of halogens is 2. The number of Topliss-reactive ketones (excluding diaryl/α,β-unsaturated/α-hetero) is 1. The van der Waals surface area contributed by atoms with E-state index >= 15 is 0 Å². The lowest BCUT2D eigenvalue weighted by atomic mass is 9.95. The fourth-order valence-electron chi connectivity index (χ4n) is 3.76. The predicted octanol–water partition coefficient (Wildman–Crippen LogP) is 5.15. The molecule has 1 heterocycles. The van der Waals surface area contributed by atoms with Gasteiger partial charge in [-0.2, -0.15) is 0 Å². The highest BCUT2D eigenvalue weighted by Crippen LogP contribution is 2.43. The summed E-state index contributed by atoms with van der Waals surface area (Å²) >= 11 is 12.3. The highest BCUT2D eigenvalue weighted by Gasteiger charge is 2.46. The van der Waals surface area contributed by atoms with E-state index in [1.807, 2.05) is 6.92 Å². The SMILES string of the molecule is CCCCN1C(=O)C(=O)/C(=C(/O)c2cc(Cl)cc(Cl)c2OC)C1c1ccc(OC(C)=O)cc1. The second-order valence-corrected chi connectivity index (χ2v) is 8.32. The summed E-state index contributed by atoms with van der Waals surface area (Å²) in [6, 6.07) is 8.42. The fourth-order valence-corrected chi connectivity index (χ4v) is 4.33. The van der Waals surface area contributed by atoms with Crippen molar-refractivity contribution in [1.29, 1.82) is 0 Å². The summed E-state index contributed by atoms with van der Waals surface area (Å²) in [5, 5.41) is 11.6. The maximum atomic E-state index is 13.1. The van der Waals surface area contributed by atoms with Gasteiger partial charge in [0, 0.05) is 18.5 Å². The summed E-state index contributed by atoms with van der Waals surface area (Å²) < 4.78 is 10.4. The number of rotatable bonds is 7. The van der Waals surface area contributed by atoms with Crippen molar-refractivity contribution in [3.63, 3.8) is 0 Å². The Morgan fingerprint density at radius 3 is 2.39 bits per heavy atom. The van der Waals surface area contributed by atoms with Crippen LogP contribution in [0.25, 0.3) is 5.76 Å². The van der Waals surface area contributed by atoms with E-state index < -0.39 is 29.5 Å². The number of unbranched alkanes of at least 4 members (excludes halogenated alkanes) is 1. The first-order chi connectivity index (χ1) is 15.7. The van der Waals surface area contributed by atoms with E-state index in [0.29, 0.717) is 24.3 Å². The molecule has 1 saturated heterocycles.